The summed E-state index contributed by atoms with van der Waals surface area (Å²) < 4.78 is 41.6. The fourth-order valence-corrected chi connectivity index (χ4v) is 4.47. The number of carbonyl (C=O) groups excluding carboxylic acids is 1. The number of hydrogen-bond acceptors (Lipinski definition) is 8. The van der Waals surface area contributed by atoms with E-state index in [-0.39, 0.29) is 40.6 Å². The molecule has 1 aliphatic rings. The Morgan fingerprint density at radius 2 is 2.15 bits per heavy atom. The van der Waals surface area contributed by atoms with Crippen LogP contribution >= 0.6 is 11.6 Å². The number of hydrogen-bond donors (Lipinski definition) is 2. The highest BCUT2D eigenvalue weighted by molar-refractivity contribution is 7.84. The second-order valence-corrected chi connectivity index (χ2v) is 9.69. The van der Waals surface area contributed by atoms with Crippen molar-refractivity contribution in [2.24, 2.45) is 11.1 Å². The Kier molecular flexibility index (Phi) is 7.22. The van der Waals surface area contributed by atoms with Crippen LogP contribution < -0.4 is 10.5 Å². The Morgan fingerprint density at radius 3 is 2.91 bits per heavy atom. The first-order valence-corrected chi connectivity index (χ1v) is 12.3. The summed E-state index contributed by atoms with van der Waals surface area (Å²) in [6, 6.07) is 5.95. The minimum absolute atomic E-state index is 0.0171. The van der Waals surface area contributed by atoms with Gasteiger partial charge >= 0.3 is 10.3 Å². The van der Waals surface area contributed by atoms with Crippen LogP contribution in [0.5, 0.6) is 0 Å². The molecule has 0 spiro atoms. The molecule has 1 aliphatic carbocycles. The average molecular weight is 509 g/mol. The van der Waals surface area contributed by atoms with Gasteiger partial charge in [0.2, 0.25) is 5.78 Å². The Hall–Kier alpha value is -2.93. The third-order valence-electron chi connectivity index (χ3n) is 5.51. The molecule has 0 aliphatic heterocycles. The van der Waals surface area contributed by atoms with E-state index < -0.39 is 16.1 Å². The van der Waals surface area contributed by atoms with Crippen LogP contribution in [0.1, 0.15) is 40.9 Å². The van der Waals surface area contributed by atoms with Gasteiger partial charge in [0.25, 0.3) is 0 Å². The second kappa shape index (κ2) is 10.1. The summed E-state index contributed by atoms with van der Waals surface area (Å²) in [6.45, 7) is 0.330. The molecule has 1 fully saturated rings. The number of halogens is 2. The Morgan fingerprint density at radius 1 is 1.32 bits per heavy atom. The van der Waals surface area contributed by atoms with E-state index in [0.717, 1.165) is 18.4 Å². The molecule has 1 saturated carbocycles. The highest BCUT2D eigenvalue weighted by Gasteiger charge is 2.28. The van der Waals surface area contributed by atoms with Gasteiger partial charge in [0.15, 0.2) is 0 Å². The van der Waals surface area contributed by atoms with E-state index >= 15 is 0 Å². The molecule has 2 heterocycles. The van der Waals surface area contributed by atoms with Gasteiger partial charge in [-0.1, -0.05) is 17.7 Å². The normalized spacial score (nSPS) is 18.2. The predicted octanol–water partition coefficient (Wildman–Crippen LogP) is 2.55. The van der Waals surface area contributed by atoms with Crippen molar-refractivity contribution in [2.45, 2.75) is 31.8 Å². The maximum atomic E-state index is 13.4. The SMILES string of the molecule is NS(=O)(=O)OCC1CCC(Nc2ncncc2C(=O)c2ccn(Cc3ccc(F)c(Cl)c3)n2)C1. The van der Waals surface area contributed by atoms with Crippen molar-refractivity contribution >= 4 is 33.5 Å². The van der Waals surface area contributed by atoms with Gasteiger partial charge in [-0.15, -0.1) is 0 Å². The fraction of sp³-hybridized carbons (Fsp3) is 0.333. The summed E-state index contributed by atoms with van der Waals surface area (Å²) in [5.74, 6) is -0.465. The molecule has 0 radical (unpaired) electrons. The van der Waals surface area contributed by atoms with Crippen LogP contribution in [-0.2, 0) is 21.0 Å². The smallest absolute Gasteiger partial charge is 0.333 e. The van der Waals surface area contributed by atoms with Gasteiger partial charge in [0, 0.05) is 18.4 Å². The van der Waals surface area contributed by atoms with Gasteiger partial charge in [0.05, 0.1) is 23.7 Å². The average Bonchev–Trinajstić information content (AvgIpc) is 3.44. The standard InChI is InChI=1S/C21H22ClFN6O4S/c22-17-8-13(2-4-18(17)23)10-29-6-5-19(28-29)20(30)16-9-25-12-26-21(16)27-15-3-1-14(7-15)11-33-34(24,31)32/h2,4-6,8-9,12,14-15H,1,3,7,10-11H2,(H2,24,31,32)(H,25,26,27). The first kappa shape index (κ1) is 24.2. The number of benzene rings is 1. The van der Waals surface area contributed by atoms with Crippen molar-refractivity contribution in [2.75, 3.05) is 11.9 Å². The van der Waals surface area contributed by atoms with Crippen molar-refractivity contribution in [3.05, 3.63) is 70.6 Å². The van der Waals surface area contributed by atoms with Crippen LogP contribution in [0.4, 0.5) is 10.2 Å². The van der Waals surface area contributed by atoms with Gasteiger partial charge in [0.1, 0.15) is 23.7 Å². The Labute approximate surface area is 200 Å². The van der Waals surface area contributed by atoms with Gasteiger partial charge in [-0.25, -0.2) is 19.5 Å². The molecule has 13 heteroatoms. The fourth-order valence-electron chi connectivity index (χ4n) is 3.89. The van der Waals surface area contributed by atoms with E-state index in [1.807, 2.05) is 0 Å². The van der Waals surface area contributed by atoms with Gasteiger partial charge in [-0.3, -0.25) is 13.7 Å². The van der Waals surface area contributed by atoms with Crippen molar-refractivity contribution in [1.82, 2.24) is 19.7 Å². The van der Waals surface area contributed by atoms with Crippen molar-refractivity contribution in [1.29, 1.82) is 0 Å². The molecule has 4 rings (SSSR count). The number of rotatable bonds is 9. The summed E-state index contributed by atoms with van der Waals surface area (Å²) >= 11 is 5.83. The molecule has 0 saturated heterocycles. The monoisotopic (exact) mass is 508 g/mol. The van der Waals surface area contributed by atoms with Crippen LogP contribution in [0.2, 0.25) is 5.02 Å². The molecular formula is C21H22ClFN6O4S. The first-order chi connectivity index (χ1) is 16.2. The molecule has 1 aromatic carbocycles. The number of nitrogens with two attached hydrogens (primary N) is 1. The molecule has 2 aromatic heterocycles. The molecule has 3 N–H and O–H groups in total. The lowest BCUT2D eigenvalue weighted by Gasteiger charge is -2.15. The quantitative estimate of drug-likeness (QED) is 0.420. The van der Waals surface area contributed by atoms with E-state index in [9.17, 15) is 17.6 Å². The first-order valence-electron chi connectivity index (χ1n) is 10.4. The summed E-state index contributed by atoms with van der Waals surface area (Å²) in [5, 5.41) is 12.5. The predicted molar refractivity (Wildman–Crippen MR) is 122 cm³/mol. The van der Waals surface area contributed by atoms with Gasteiger partial charge in [-0.2, -0.15) is 13.5 Å². The zero-order valence-electron chi connectivity index (χ0n) is 17.9. The largest absolute Gasteiger partial charge is 0.367 e. The lowest BCUT2D eigenvalue weighted by atomic mass is 10.1. The number of nitrogens with zero attached hydrogens (tertiary/aromatic N) is 4. The lowest BCUT2D eigenvalue weighted by molar-refractivity contribution is 0.103. The summed E-state index contributed by atoms with van der Waals surface area (Å²) in [4.78, 5) is 21.3. The van der Waals surface area contributed by atoms with E-state index in [0.29, 0.717) is 18.8 Å². The van der Waals surface area contributed by atoms with E-state index in [2.05, 4.69) is 20.4 Å². The van der Waals surface area contributed by atoms with Crippen molar-refractivity contribution in [3.8, 4) is 0 Å². The van der Waals surface area contributed by atoms with E-state index in [4.69, 9.17) is 20.9 Å². The number of anilines is 1. The molecule has 180 valence electrons. The number of carbonyl (C=O) groups is 1. The molecule has 2 unspecified atom stereocenters. The van der Waals surface area contributed by atoms with Crippen LogP contribution in [0.3, 0.4) is 0 Å². The summed E-state index contributed by atoms with van der Waals surface area (Å²) in [6.07, 6.45) is 6.56. The lowest BCUT2D eigenvalue weighted by Crippen LogP contribution is -2.22. The topological polar surface area (TPSA) is 142 Å². The molecule has 34 heavy (non-hydrogen) atoms. The van der Waals surface area contributed by atoms with E-state index in [1.165, 1.54) is 24.7 Å². The summed E-state index contributed by atoms with van der Waals surface area (Å²) in [7, 11) is -3.98. The van der Waals surface area contributed by atoms with Crippen LogP contribution in [0, 0.1) is 11.7 Å². The molecule has 2 atom stereocenters. The van der Waals surface area contributed by atoms with Crippen LogP contribution in [-0.4, -0.2) is 46.6 Å². The number of aromatic nitrogens is 4. The highest BCUT2D eigenvalue weighted by atomic mass is 35.5. The zero-order valence-corrected chi connectivity index (χ0v) is 19.5. The molecule has 0 bridgehead atoms. The number of nitrogens with one attached hydrogen (secondary N) is 1. The minimum Gasteiger partial charge on any atom is -0.367 e. The van der Waals surface area contributed by atoms with Crippen molar-refractivity contribution < 1.29 is 21.8 Å². The molecule has 3 aromatic rings. The van der Waals surface area contributed by atoms with Gasteiger partial charge in [-0.05, 0) is 48.9 Å². The number of ketones is 1. The second-order valence-electron chi connectivity index (χ2n) is 8.06. The zero-order chi connectivity index (χ0) is 24.3. The minimum atomic E-state index is -3.98. The molecular weight excluding hydrogens is 487 g/mol. The Bertz CT molecular complexity index is 1300. The maximum absolute atomic E-state index is 13.4. The molecule has 0 amide bonds. The van der Waals surface area contributed by atoms with E-state index in [1.54, 1.807) is 23.0 Å². The third-order valence-corrected chi connectivity index (χ3v) is 6.26. The van der Waals surface area contributed by atoms with Crippen molar-refractivity contribution in [3.63, 3.8) is 0 Å². The van der Waals surface area contributed by atoms with Gasteiger partial charge < -0.3 is 5.32 Å². The Balaban J connectivity index is 1.42. The van der Waals surface area contributed by atoms with Crippen LogP contribution in [0.25, 0.3) is 0 Å². The summed E-state index contributed by atoms with van der Waals surface area (Å²) in [5.41, 5.74) is 1.21. The molecule has 10 nitrogen and oxygen atoms in total. The highest BCUT2D eigenvalue weighted by Crippen LogP contribution is 2.29. The third kappa shape index (κ3) is 6.14. The van der Waals surface area contributed by atoms with Crippen LogP contribution in [0.15, 0.2) is 43.0 Å². The maximum Gasteiger partial charge on any atom is 0.333 e.